The fourth-order valence-electron chi connectivity index (χ4n) is 3.41. The highest BCUT2D eigenvalue weighted by Crippen LogP contribution is 2.28. The number of aromatic nitrogens is 4. The molecule has 1 aliphatic heterocycles. The van der Waals surface area contributed by atoms with E-state index in [9.17, 15) is 9.18 Å². The maximum Gasteiger partial charge on any atom is 0.230 e. The summed E-state index contributed by atoms with van der Waals surface area (Å²) in [7, 11) is 0. The fourth-order valence-corrected chi connectivity index (χ4v) is 4.32. The van der Waals surface area contributed by atoms with Crippen molar-refractivity contribution in [2.24, 2.45) is 0 Å². The van der Waals surface area contributed by atoms with Gasteiger partial charge in [0.25, 0.3) is 0 Å². The molecule has 0 saturated carbocycles. The standard InChI is InChI=1S/C18H21FN6O2S/c1-10-6-14(27-13-4-5-16-20-11(2)23-25(16)8-13)7-24(10)9-15-17(19)22-18(28-15)21-12(3)26/h4-5,8,10,14H,6-7,9H2,1-3H3,(H,21,22,26). The highest BCUT2D eigenvalue weighted by molar-refractivity contribution is 7.15. The Morgan fingerprint density at radius 3 is 3.04 bits per heavy atom. The molecule has 1 N–H and O–H groups in total. The summed E-state index contributed by atoms with van der Waals surface area (Å²) >= 11 is 1.17. The zero-order chi connectivity index (χ0) is 19.8. The Labute approximate surface area is 165 Å². The van der Waals surface area contributed by atoms with E-state index in [4.69, 9.17) is 4.74 Å². The van der Waals surface area contributed by atoms with Crippen LogP contribution in [0.2, 0.25) is 0 Å². The third-order valence-electron chi connectivity index (χ3n) is 4.66. The molecule has 10 heteroatoms. The van der Waals surface area contributed by atoms with Crippen molar-refractivity contribution in [1.29, 1.82) is 0 Å². The lowest BCUT2D eigenvalue weighted by molar-refractivity contribution is -0.114. The second-order valence-corrected chi connectivity index (χ2v) is 8.08. The van der Waals surface area contributed by atoms with Crippen LogP contribution in [0, 0.1) is 12.9 Å². The van der Waals surface area contributed by atoms with Crippen molar-refractivity contribution >= 4 is 28.0 Å². The van der Waals surface area contributed by atoms with Crippen molar-refractivity contribution in [3.05, 3.63) is 35.0 Å². The molecule has 3 aromatic rings. The molecule has 28 heavy (non-hydrogen) atoms. The molecule has 0 spiro atoms. The second kappa shape index (κ2) is 7.44. The Kier molecular flexibility index (Phi) is 4.98. The van der Waals surface area contributed by atoms with Gasteiger partial charge < -0.3 is 10.1 Å². The number of pyridine rings is 1. The predicted octanol–water partition coefficient (Wildman–Crippen LogP) is 2.63. The van der Waals surface area contributed by atoms with E-state index in [2.05, 4.69) is 32.2 Å². The van der Waals surface area contributed by atoms with E-state index in [-0.39, 0.29) is 23.2 Å². The summed E-state index contributed by atoms with van der Waals surface area (Å²) in [5.41, 5.74) is 0.780. The second-order valence-electron chi connectivity index (χ2n) is 6.99. The number of fused-ring (bicyclic) bond motifs is 1. The van der Waals surface area contributed by atoms with Gasteiger partial charge in [-0.3, -0.25) is 9.69 Å². The minimum absolute atomic E-state index is 0.00265. The number of anilines is 1. The van der Waals surface area contributed by atoms with Gasteiger partial charge in [0.1, 0.15) is 17.7 Å². The monoisotopic (exact) mass is 404 g/mol. The van der Waals surface area contributed by atoms with E-state index < -0.39 is 5.95 Å². The largest absolute Gasteiger partial charge is 0.487 e. The maximum absolute atomic E-state index is 14.1. The van der Waals surface area contributed by atoms with Crippen LogP contribution in [-0.4, -0.2) is 49.1 Å². The molecular formula is C18H21FN6O2S. The molecule has 148 valence electrons. The summed E-state index contributed by atoms with van der Waals surface area (Å²) < 4.78 is 21.9. The first kappa shape index (κ1) is 18.8. The number of hydrogen-bond donors (Lipinski definition) is 1. The number of halogens is 1. The van der Waals surface area contributed by atoms with Crippen molar-refractivity contribution < 1.29 is 13.9 Å². The topological polar surface area (TPSA) is 84.7 Å². The van der Waals surface area contributed by atoms with Crippen molar-refractivity contribution in [3.63, 3.8) is 0 Å². The average molecular weight is 404 g/mol. The highest BCUT2D eigenvalue weighted by Gasteiger charge is 2.31. The lowest BCUT2D eigenvalue weighted by atomic mass is 10.2. The van der Waals surface area contributed by atoms with E-state index in [1.807, 2.05) is 25.3 Å². The number of rotatable bonds is 5. The number of thiazole rings is 1. The first-order valence-electron chi connectivity index (χ1n) is 9.04. The minimum Gasteiger partial charge on any atom is -0.487 e. The predicted molar refractivity (Wildman–Crippen MR) is 103 cm³/mol. The SMILES string of the molecule is CC(=O)Nc1nc(F)c(CN2CC(Oc3ccc4nc(C)nn4c3)CC2C)s1. The van der Waals surface area contributed by atoms with Gasteiger partial charge in [0, 0.05) is 32.5 Å². The Balaban J connectivity index is 1.41. The first-order chi connectivity index (χ1) is 13.4. The van der Waals surface area contributed by atoms with Gasteiger partial charge >= 0.3 is 0 Å². The van der Waals surface area contributed by atoms with Gasteiger partial charge in [0.05, 0.1) is 11.1 Å². The summed E-state index contributed by atoms with van der Waals surface area (Å²) in [4.78, 5) is 21.9. The van der Waals surface area contributed by atoms with Crippen LogP contribution in [0.25, 0.3) is 5.65 Å². The molecule has 2 unspecified atom stereocenters. The fraction of sp³-hybridized carbons (Fsp3) is 0.444. The quantitative estimate of drug-likeness (QED) is 0.704. The van der Waals surface area contributed by atoms with Crippen molar-refractivity contribution in [2.75, 3.05) is 11.9 Å². The number of nitrogens with one attached hydrogen (secondary N) is 1. The van der Waals surface area contributed by atoms with E-state index >= 15 is 0 Å². The summed E-state index contributed by atoms with van der Waals surface area (Å²) in [5, 5.41) is 7.12. The van der Waals surface area contributed by atoms with Crippen LogP contribution in [-0.2, 0) is 11.3 Å². The number of hydrogen-bond acceptors (Lipinski definition) is 7. The molecule has 0 aromatic carbocycles. The normalized spacial score (nSPS) is 20.0. The van der Waals surface area contributed by atoms with Crippen molar-refractivity contribution in [2.45, 2.75) is 45.9 Å². The Morgan fingerprint density at radius 2 is 2.25 bits per heavy atom. The summed E-state index contributed by atoms with van der Waals surface area (Å²) in [6.45, 7) is 6.44. The third-order valence-corrected chi connectivity index (χ3v) is 5.59. The van der Waals surface area contributed by atoms with Crippen LogP contribution < -0.4 is 10.1 Å². The maximum atomic E-state index is 14.1. The molecule has 1 saturated heterocycles. The first-order valence-corrected chi connectivity index (χ1v) is 9.85. The van der Waals surface area contributed by atoms with E-state index in [0.29, 0.717) is 23.8 Å². The van der Waals surface area contributed by atoms with Crippen LogP contribution in [0.5, 0.6) is 5.75 Å². The number of ether oxygens (including phenoxy) is 1. The molecule has 1 fully saturated rings. The highest BCUT2D eigenvalue weighted by atomic mass is 32.1. The Morgan fingerprint density at radius 1 is 1.43 bits per heavy atom. The Bertz CT molecular complexity index is 1020. The van der Waals surface area contributed by atoms with Crippen LogP contribution in [0.15, 0.2) is 18.3 Å². The molecular weight excluding hydrogens is 383 g/mol. The number of likely N-dealkylation sites (tertiary alicyclic amines) is 1. The van der Waals surface area contributed by atoms with Gasteiger partial charge in [0.15, 0.2) is 10.8 Å². The molecule has 1 aliphatic rings. The number of carbonyl (C=O) groups excluding carboxylic acids is 1. The van der Waals surface area contributed by atoms with Crippen molar-refractivity contribution in [1.82, 2.24) is 24.5 Å². The molecule has 3 aromatic heterocycles. The number of amides is 1. The lowest BCUT2D eigenvalue weighted by Crippen LogP contribution is -2.28. The van der Waals surface area contributed by atoms with Crippen LogP contribution in [0.3, 0.4) is 0 Å². The van der Waals surface area contributed by atoms with Gasteiger partial charge in [-0.2, -0.15) is 14.5 Å². The number of nitrogens with zero attached hydrogens (tertiary/aromatic N) is 5. The zero-order valence-corrected chi connectivity index (χ0v) is 16.7. The van der Waals surface area contributed by atoms with Gasteiger partial charge in [-0.05, 0) is 26.0 Å². The molecule has 2 atom stereocenters. The number of carbonyl (C=O) groups is 1. The van der Waals surface area contributed by atoms with Crippen LogP contribution >= 0.6 is 11.3 Å². The Hall–Kier alpha value is -2.59. The molecule has 8 nitrogen and oxygen atoms in total. The molecule has 4 heterocycles. The molecule has 0 aliphatic carbocycles. The molecule has 1 amide bonds. The molecule has 0 radical (unpaired) electrons. The third kappa shape index (κ3) is 3.97. The van der Waals surface area contributed by atoms with E-state index in [1.54, 1.807) is 4.52 Å². The number of aryl methyl sites for hydroxylation is 1. The smallest absolute Gasteiger partial charge is 0.230 e. The summed E-state index contributed by atoms with van der Waals surface area (Å²) in [6, 6.07) is 4.01. The lowest BCUT2D eigenvalue weighted by Gasteiger charge is -2.19. The summed E-state index contributed by atoms with van der Waals surface area (Å²) in [5.74, 6) is 0.650. The minimum atomic E-state index is -0.530. The van der Waals surface area contributed by atoms with Crippen LogP contribution in [0.1, 0.15) is 31.0 Å². The van der Waals surface area contributed by atoms with Gasteiger partial charge in [-0.15, -0.1) is 0 Å². The van der Waals surface area contributed by atoms with Gasteiger partial charge in [0.2, 0.25) is 11.9 Å². The molecule has 4 rings (SSSR count). The van der Waals surface area contributed by atoms with E-state index in [0.717, 1.165) is 17.8 Å². The summed E-state index contributed by atoms with van der Waals surface area (Å²) in [6.07, 6.45) is 2.67. The molecule has 0 bridgehead atoms. The zero-order valence-electron chi connectivity index (χ0n) is 15.8. The van der Waals surface area contributed by atoms with Gasteiger partial charge in [-0.25, -0.2) is 9.50 Å². The van der Waals surface area contributed by atoms with Crippen molar-refractivity contribution in [3.8, 4) is 5.75 Å². The average Bonchev–Trinajstić information content (AvgIpc) is 3.24. The van der Waals surface area contributed by atoms with Gasteiger partial charge in [-0.1, -0.05) is 11.3 Å². The van der Waals surface area contributed by atoms with Crippen LogP contribution in [0.4, 0.5) is 9.52 Å². The van der Waals surface area contributed by atoms with E-state index in [1.165, 1.54) is 18.3 Å².